The lowest BCUT2D eigenvalue weighted by Gasteiger charge is -2.51. The molecule has 29 heavy (non-hydrogen) atoms. The quantitative estimate of drug-likeness (QED) is 0.508. The molecule has 2 aliphatic heterocycles. The Kier molecular flexibility index (Phi) is 7.49. The molecule has 0 aromatic heterocycles. The van der Waals surface area contributed by atoms with Crippen molar-refractivity contribution in [2.75, 3.05) is 13.2 Å². The Morgan fingerprint density at radius 1 is 0.828 bits per heavy atom. The Labute approximate surface area is 177 Å². The number of ether oxygens (including phenoxy) is 1. The van der Waals surface area contributed by atoms with Crippen LogP contribution >= 0.6 is 0 Å². The van der Waals surface area contributed by atoms with Crippen LogP contribution in [-0.2, 0) is 4.74 Å². The largest absolute Gasteiger partial charge is 0.392 e. The molecule has 0 radical (unpaired) electrons. The second-order valence-corrected chi connectivity index (χ2v) is 11.7. The van der Waals surface area contributed by atoms with Crippen LogP contribution in [0.1, 0.15) is 87.5 Å². The predicted molar refractivity (Wildman–Crippen MR) is 114 cm³/mol. The van der Waals surface area contributed by atoms with Crippen LogP contribution in [0.4, 0.5) is 0 Å². The molecule has 2 heterocycles. The Morgan fingerprint density at radius 3 is 1.69 bits per heavy atom. The first kappa shape index (κ1) is 25.0. The lowest BCUT2D eigenvalue weighted by molar-refractivity contribution is -0.261. The molecule has 0 aliphatic carbocycles. The number of hydrogen-bond acceptors (Lipinski definition) is 7. The van der Waals surface area contributed by atoms with Crippen molar-refractivity contribution >= 4 is 0 Å². The minimum atomic E-state index is -0.465. The molecule has 2 fully saturated rings. The number of hydroxylamine groups is 4. The van der Waals surface area contributed by atoms with Gasteiger partial charge in [0.25, 0.3) is 0 Å². The van der Waals surface area contributed by atoms with Gasteiger partial charge >= 0.3 is 0 Å². The Hall–Kier alpha value is -0.280. The smallest absolute Gasteiger partial charge is 0.0686 e. The van der Waals surface area contributed by atoms with Gasteiger partial charge in [0.2, 0.25) is 0 Å². The molecule has 2 saturated heterocycles. The van der Waals surface area contributed by atoms with Gasteiger partial charge in [0.1, 0.15) is 0 Å². The van der Waals surface area contributed by atoms with Gasteiger partial charge in [0.05, 0.1) is 12.2 Å². The van der Waals surface area contributed by atoms with Crippen molar-refractivity contribution in [3.8, 4) is 0 Å². The van der Waals surface area contributed by atoms with Crippen LogP contribution in [0.5, 0.6) is 0 Å². The fourth-order valence-corrected chi connectivity index (χ4v) is 5.49. The second kappa shape index (κ2) is 8.69. The summed E-state index contributed by atoms with van der Waals surface area (Å²) in [5.41, 5.74) is -1.25. The van der Waals surface area contributed by atoms with Crippen LogP contribution in [0.25, 0.3) is 0 Å². The van der Waals surface area contributed by atoms with E-state index in [0.717, 1.165) is 25.7 Å². The zero-order valence-electron chi connectivity index (χ0n) is 19.8. The molecule has 7 heteroatoms. The van der Waals surface area contributed by atoms with Gasteiger partial charge in [-0.05, 0) is 87.5 Å². The molecule has 0 aromatic rings. The molecule has 0 spiro atoms. The minimum absolute atomic E-state index is 0.0824. The third-order valence-electron chi connectivity index (χ3n) is 6.69. The highest BCUT2D eigenvalue weighted by Crippen LogP contribution is 2.38. The summed E-state index contributed by atoms with van der Waals surface area (Å²) in [6, 6.07) is 0.259. The summed E-state index contributed by atoms with van der Waals surface area (Å²) in [7, 11) is 0. The van der Waals surface area contributed by atoms with Crippen LogP contribution in [0.3, 0.4) is 0 Å². The molecule has 7 nitrogen and oxygen atoms in total. The third kappa shape index (κ3) is 6.12. The number of nitrogens with one attached hydrogen (secondary N) is 1. The molecule has 0 saturated carbocycles. The van der Waals surface area contributed by atoms with Crippen molar-refractivity contribution in [3.05, 3.63) is 0 Å². The van der Waals surface area contributed by atoms with Crippen molar-refractivity contribution in [2.24, 2.45) is 0 Å². The summed E-state index contributed by atoms with van der Waals surface area (Å²) in [5.74, 6) is 0. The molecule has 0 bridgehead atoms. The first-order chi connectivity index (χ1) is 13.1. The van der Waals surface area contributed by atoms with E-state index in [0.29, 0.717) is 19.6 Å². The van der Waals surface area contributed by atoms with Gasteiger partial charge in [-0.25, -0.2) is 0 Å². The van der Waals surface area contributed by atoms with Crippen molar-refractivity contribution in [3.63, 3.8) is 0 Å². The van der Waals surface area contributed by atoms with E-state index in [1.807, 2.05) is 55.4 Å². The Balaban J connectivity index is 1.75. The topological polar surface area (TPSA) is 88.4 Å². The van der Waals surface area contributed by atoms with Gasteiger partial charge in [-0.3, -0.25) is 0 Å². The summed E-state index contributed by atoms with van der Waals surface area (Å²) in [6.45, 7) is 17.4. The molecular formula is C22H45N3O4. The molecule has 0 aromatic carbocycles. The van der Waals surface area contributed by atoms with E-state index in [1.54, 1.807) is 0 Å². The molecule has 1 atom stereocenters. The first-order valence-corrected chi connectivity index (χ1v) is 11.1. The summed E-state index contributed by atoms with van der Waals surface area (Å²) in [6.07, 6.45) is 3.40. The zero-order chi connectivity index (χ0) is 22.3. The highest BCUT2D eigenvalue weighted by molar-refractivity contribution is 4.99. The number of aliphatic hydroxyl groups excluding tert-OH is 1. The second-order valence-electron chi connectivity index (χ2n) is 11.7. The van der Waals surface area contributed by atoms with Crippen molar-refractivity contribution in [1.82, 2.24) is 15.4 Å². The number of piperidine rings is 2. The fourth-order valence-electron chi connectivity index (χ4n) is 5.49. The molecular weight excluding hydrogens is 370 g/mol. The summed E-state index contributed by atoms with van der Waals surface area (Å²) in [4.78, 5) is 0. The first-order valence-electron chi connectivity index (χ1n) is 11.1. The molecule has 172 valence electrons. The average Bonchev–Trinajstić information content (AvgIpc) is 2.55. The highest BCUT2D eigenvalue weighted by Gasteiger charge is 2.46. The summed E-state index contributed by atoms with van der Waals surface area (Å²) < 4.78 is 6.08. The lowest BCUT2D eigenvalue weighted by atomic mass is 9.79. The summed E-state index contributed by atoms with van der Waals surface area (Å²) in [5, 5.41) is 37.6. The number of hydrogen-bond donors (Lipinski definition) is 4. The predicted octanol–water partition coefficient (Wildman–Crippen LogP) is 3.17. The maximum absolute atomic E-state index is 10.4. The van der Waals surface area contributed by atoms with Crippen LogP contribution in [-0.4, -0.2) is 79.2 Å². The number of aliphatic hydroxyl groups is 1. The van der Waals surface area contributed by atoms with E-state index in [-0.39, 0.29) is 34.3 Å². The highest BCUT2D eigenvalue weighted by atomic mass is 16.5. The van der Waals surface area contributed by atoms with Crippen molar-refractivity contribution in [1.29, 1.82) is 0 Å². The lowest BCUT2D eigenvalue weighted by Crippen LogP contribution is -2.62. The molecule has 1 unspecified atom stereocenters. The number of nitrogens with zero attached hydrogens (tertiary/aromatic N) is 2. The van der Waals surface area contributed by atoms with Gasteiger partial charge < -0.3 is 25.6 Å². The van der Waals surface area contributed by atoms with E-state index in [1.165, 1.54) is 10.1 Å². The Bertz CT molecular complexity index is 514. The van der Waals surface area contributed by atoms with Crippen LogP contribution in [0.15, 0.2) is 0 Å². The average molecular weight is 416 g/mol. The zero-order valence-corrected chi connectivity index (χ0v) is 19.8. The van der Waals surface area contributed by atoms with Crippen molar-refractivity contribution in [2.45, 2.75) is 128 Å². The maximum atomic E-state index is 10.4. The van der Waals surface area contributed by atoms with Gasteiger partial charge in [0.15, 0.2) is 0 Å². The molecule has 2 aliphatic rings. The Morgan fingerprint density at radius 2 is 1.24 bits per heavy atom. The summed E-state index contributed by atoms with van der Waals surface area (Å²) >= 11 is 0. The maximum Gasteiger partial charge on any atom is 0.0686 e. The van der Waals surface area contributed by atoms with Crippen LogP contribution in [0.2, 0.25) is 0 Å². The standard InChI is InChI=1S/C22H45N3O4/c1-19(2)11-16(12-20(3,4)24(19)27)23-15-17(26)9-10-29-18-13-21(5,6)25(28)22(7,8)14-18/h16-18,23,26-28H,9-15H2,1-8H3. The van der Waals surface area contributed by atoms with E-state index in [2.05, 4.69) is 5.32 Å². The molecule has 4 N–H and O–H groups in total. The van der Waals surface area contributed by atoms with Gasteiger partial charge in [-0.15, -0.1) is 0 Å². The molecule has 0 amide bonds. The van der Waals surface area contributed by atoms with E-state index >= 15 is 0 Å². The van der Waals surface area contributed by atoms with Crippen LogP contribution in [0, 0.1) is 0 Å². The minimum Gasteiger partial charge on any atom is -0.392 e. The van der Waals surface area contributed by atoms with Gasteiger partial charge in [-0.2, -0.15) is 10.1 Å². The number of rotatable bonds is 7. The molecule has 2 rings (SSSR count). The fraction of sp³-hybridized carbons (Fsp3) is 1.00. The van der Waals surface area contributed by atoms with Gasteiger partial charge in [-0.1, -0.05) is 0 Å². The van der Waals surface area contributed by atoms with E-state index in [9.17, 15) is 15.5 Å². The normalized spacial score (nSPS) is 29.1. The van der Waals surface area contributed by atoms with Crippen LogP contribution < -0.4 is 5.32 Å². The van der Waals surface area contributed by atoms with Crippen molar-refractivity contribution < 1.29 is 20.3 Å². The van der Waals surface area contributed by atoms with E-state index in [4.69, 9.17) is 4.74 Å². The third-order valence-corrected chi connectivity index (χ3v) is 6.69. The van der Waals surface area contributed by atoms with E-state index < -0.39 is 6.10 Å². The SMILES string of the molecule is CC1(C)CC(NCC(O)CCOC2CC(C)(C)N(O)C(C)(C)C2)CC(C)(C)N1O. The van der Waals surface area contributed by atoms with Gasteiger partial charge in [0, 0.05) is 41.3 Å². The monoisotopic (exact) mass is 415 g/mol.